The van der Waals surface area contributed by atoms with E-state index in [1.165, 1.54) is 4.68 Å². The highest BCUT2D eigenvalue weighted by Crippen LogP contribution is 2.21. The van der Waals surface area contributed by atoms with Crippen molar-refractivity contribution in [1.29, 1.82) is 0 Å². The third-order valence-electron chi connectivity index (χ3n) is 3.34. The van der Waals surface area contributed by atoms with E-state index in [9.17, 15) is 14.4 Å². The van der Waals surface area contributed by atoms with Crippen molar-refractivity contribution in [2.75, 3.05) is 11.9 Å². The number of nitrogens with zero attached hydrogens (tertiary/aromatic N) is 1. The molecule has 0 bridgehead atoms. The summed E-state index contributed by atoms with van der Waals surface area (Å²) in [6, 6.07) is 6.43. The molecule has 2 aromatic rings. The number of nitrogens with one attached hydrogen (secondary N) is 2. The zero-order valence-corrected chi connectivity index (χ0v) is 15.0. The molecule has 2 rings (SSSR count). The number of aromatic amines is 1. The number of rotatable bonds is 7. The van der Waals surface area contributed by atoms with Crippen molar-refractivity contribution in [3.63, 3.8) is 0 Å². The predicted octanol–water partition coefficient (Wildman–Crippen LogP) is 1.48. The average molecular weight is 366 g/mol. The molecule has 0 aliphatic rings. The number of esters is 1. The molecule has 134 valence electrons. The first-order chi connectivity index (χ1) is 12.0. The smallest absolute Gasteiger partial charge is 0.441 e. The number of carbonyl (C=O) groups is 2. The van der Waals surface area contributed by atoms with Gasteiger partial charge < -0.3 is 10.1 Å². The van der Waals surface area contributed by atoms with Crippen LogP contribution in [0.1, 0.15) is 30.6 Å². The van der Waals surface area contributed by atoms with Crippen LogP contribution in [-0.4, -0.2) is 29.0 Å². The first-order valence-electron chi connectivity index (χ1n) is 7.78. The molecule has 0 saturated heterocycles. The lowest BCUT2D eigenvalue weighted by Crippen LogP contribution is -2.35. The molecule has 0 aliphatic carbocycles. The molecule has 0 aliphatic heterocycles. The molecule has 1 unspecified atom stereocenters. The molecule has 8 nitrogen and oxygen atoms in total. The highest BCUT2D eigenvalue weighted by Gasteiger charge is 2.27. The van der Waals surface area contributed by atoms with Crippen LogP contribution in [0.4, 0.5) is 5.69 Å². The van der Waals surface area contributed by atoms with Crippen LogP contribution in [-0.2, 0) is 16.6 Å². The standard InChI is InChI=1S/C16H19N3O5S/c1-4-12(25-14-16(22)24-18-19(14)3)13(20)17-11-8-6-10(7-9-11)15(21)23-5-2/h6-9,12H,4-5H2,1-3H3,(H-,17,18,20,21,22)/p+1. The van der Waals surface area contributed by atoms with Gasteiger partial charge in [-0.15, -0.1) is 0 Å². The molecule has 0 spiro atoms. The fourth-order valence-corrected chi connectivity index (χ4v) is 2.98. The summed E-state index contributed by atoms with van der Waals surface area (Å²) in [5, 5.41) is 5.05. The lowest BCUT2D eigenvalue weighted by molar-refractivity contribution is -0.772. The first-order valence-corrected chi connectivity index (χ1v) is 8.66. The summed E-state index contributed by atoms with van der Waals surface area (Å²) < 4.78 is 11.0. The van der Waals surface area contributed by atoms with Crippen LogP contribution in [0, 0.1) is 0 Å². The normalized spacial score (nSPS) is 11.8. The van der Waals surface area contributed by atoms with Crippen molar-refractivity contribution < 1.29 is 23.5 Å². The molecule has 0 radical (unpaired) electrons. The lowest BCUT2D eigenvalue weighted by Gasteiger charge is -2.12. The quantitative estimate of drug-likeness (QED) is 0.437. The van der Waals surface area contributed by atoms with Crippen LogP contribution in [0.3, 0.4) is 0 Å². The van der Waals surface area contributed by atoms with Crippen LogP contribution in [0.2, 0.25) is 0 Å². The third-order valence-corrected chi connectivity index (χ3v) is 4.83. The second kappa shape index (κ2) is 8.52. The maximum Gasteiger partial charge on any atom is 0.441 e. The Kier molecular flexibility index (Phi) is 6.40. The molecule has 0 saturated carbocycles. The summed E-state index contributed by atoms with van der Waals surface area (Å²) in [6.07, 6.45) is 0.530. The van der Waals surface area contributed by atoms with E-state index in [0.29, 0.717) is 29.3 Å². The van der Waals surface area contributed by atoms with Crippen LogP contribution < -0.4 is 15.6 Å². The van der Waals surface area contributed by atoms with Crippen molar-refractivity contribution in [3.8, 4) is 0 Å². The summed E-state index contributed by atoms with van der Waals surface area (Å²) >= 11 is 1.13. The highest BCUT2D eigenvalue weighted by molar-refractivity contribution is 8.00. The Labute approximate surface area is 148 Å². The zero-order valence-electron chi connectivity index (χ0n) is 14.2. The van der Waals surface area contributed by atoms with Gasteiger partial charge in [0, 0.05) is 5.69 Å². The molecule has 1 aromatic carbocycles. The maximum absolute atomic E-state index is 12.4. The number of thioether (sulfide) groups is 1. The van der Waals surface area contributed by atoms with Gasteiger partial charge in [-0.05, 0) is 54.6 Å². The minimum absolute atomic E-state index is 0.239. The van der Waals surface area contributed by atoms with Gasteiger partial charge in [0.1, 0.15) is 0 Å². The Morgan fingerprint density at radius 1 is 1.32 bits per heavy atom. The van der Waals surface area contributed by atoms with E-state index in [1.807, 2.05) is 6.92 Å². The van der Waals surface area contributed by atoms with Crippen molar-refractivity contribution in [2.24, 2.45) is 7.05 Å². The summed E-state index contributed by atoms with van der Waals surface area (Å²) in [7, 11) is 1.63. The fourth-order valence-electron chi connectivity index (χ4n) is 2.04. The SMILES string of the molecule is CCOC(=O)c1ccc(NC(=O)C(CC)Sc2c(=O)o[nH][n+]2C)cc1. The van der Waals surface area contributed by atoms with Crippen LogP contribution in [0.5, 0.6) is 0 Å². The van der Waals surface area contributed by atoms with Gasteiger partial charge in [0.15, 0.2) is 7.05 Å². The maximum atomic E-state index is 12.4. The number of carbonyl (C=O) groups excluding carboxylic acids is 2. The zero-order chi connectivity index (χ0) is 18.4. The van der Waals surface area contributed by atoms with E-state index in [4.69, 9.17) is 4.74 Å². The first kappa shape index (κ1) is 18.8. The van der Waals surface area contributed by atoms with Gasteiger partial charge in [0.25, 0.3) is 0 Å². The van der Waals surface area contributed by atoms with Gasteiger partial charge in [0.2, 0.25) is 5.91 Å². The Morgan fingerprint density at radius 2 is 2.00 bits per heavy atom. The second-order valence-electron chi connectivity index (χ2n) is 5.15. The molecule has 25 heavy (non-hydrogen) atoms. The van der Waals surface area contributed by atoms with Gasteiger partial charge in [-0.25, -0.2) is 9.59 Å². The van der Waals surface area contributed by atoms with Gasteiger partial charge in [0.05, 0.1) is 17.4 Å². The number of H-pyrrole nitrogens is 1. The number of aryl methyl sites for hydroxylation is 1. The summed E-state index contributed by atoms with van der Waals surface area (Å²) in [6.45, 7) is 3.90. The topological polar surface area (TPSA) is 105 Å². The minimum Gasteiger partial charge on any atom is -0.462 e. The van der Waals surface area contributed by atoms with Gasteiger partial charge in [-0.3, -0.25) is 9.32 Å². The number of benzene rings is 1. The highest BCUT2D eigenvalue weighted by atomic mass is 32.2. The molecule has 1 atom stereocenters. The van der Waals surface area contributed by atoms with Gasteiger partial charge in [-0.2, -0.15) is 0 Å². The van der Waals surface area contributed by atoms with E-state index in [-0.39, 0.29) is 5.91 Å². The molecule has 0 fully saturated rings. The van der Waals surface area contributed by atoms with E-state index in [1.54, 1.807) is 38.2 Å². The summed E-state index contributed by atoms with van der Waals surface area (Å²) in [5.74, 6) is -0.647. The number of hydrogen-bond donors (Lipinski definition) is 2. The minimum atomic E-state index is -0.516. The summed E-state index contributed by atoms with van der Waals surface area (Å²) in [4.78, 5) is 35.7. The van der Waals surface area contributed by atoms with Gasteiger partial charge >= 0.3 is 16.6 Å². The number of ether oxygens (including phenoxy) is 1. The van der Waals surface area contributed by atoms with Crippen molar-refractivity contribution in [2.45, 2.75) is 30.5 Å². The monoisotopic (exact) mass is 366 g/mol. The third kappa shape index (κ3) is 4.72. The van der Waals surface area contributed by atoms with Crippen molar-refractivity contribution in [3.05, 3.63) is 40.2 Å². The van der Waals surface area contributed by atoms with E-state index >= 15 is 0 Å². The van der Waals surface area contributed by atoms with Crippen molar-refractivity contribution in [1.82, 2.24) is 5.27 Å². The van der Waals surface area contributed by atoms with E-state index in [2.05, 4.69) is 15.1 Å². The number of amides is 1. The lowest BCUT2D eigenvalue weighted by atomic mass is 10.2. The Hall–Kier alpha value is -2.55. The predicted molar refractivity (Wildman–Crippen MR) is 91.5 cm³/mol. The van der Waals surface area contributed by atoms with Gasteiger partial charge in [-0.1, -0.05) is 11.6 Å². The molecule has 1 amide bonds. The molecule has 1 heterocycles. The van der Waals surface area contributed by atoms with Crippen LogP contribution in [0.15, 0.2) is 38.6 Å². The Balaban J connectivity index is 2.04. The van der Waals surface area contributed by atoms with E-state index in [0.717, 1.165) is 11.8 Å². The van der Waals surface area contributed by atoms with Crippen molar-refractivity contribution >= 4 is 29.3 Å². The van der Waals surface area contributed by atoms with E-state index < -0.39 is 16.8 Å². The molecule has 2 N–H and O–H groups in total. The van der Waals surface area contributed by atoms with Crippen LogP contribution in [0.25, 0.3) is 0 Å². The molecule has 9 heteroatoms. The fraction of sp³-hybridized carbons (Fsp3) is 0.375. The average Bonchev–Trinajstić information content (AvgIpc) is 2.91. The molecule has 1 aromatic heterocycles. The second-order valence-corrected chi connectivity index (χ2v) is 6.34. The Morgan fingerprint density at radius 3 is 2.52 bits per heavy atom. The van der Waals surface area contributed by atoms with Crippen LogP contribution >= 0.6 is 11.8 Å². The molecular weight excluding hydrogens is 346 g/mol. The summed E-state index contributed by atoms with van der Waals surface area (Å²) in [5.41, 5.74) is 0.457. The Bertz CT molecular complexity index is 797. The largest absolute Gasteiger partial charge is 0.462 e. The number of aromatic nitrogens is 2. The molecular formula is C16H20N3O5S+. The number of hydrogen-bond acceptors (Lipinski definition) is 6. The number of anilines is 1.